The Kier molecular flexibility index (Phi) is 5.12. The second-order valence-electron chi connectivity index (χ2n) is 6.35. The molecule has 1 unspecified atom stereocenters. The molecule has 0 aliphatic rings. The van der Waals surface area contributed by atoms with E-state index in [1.807, 2.05) is 28.8 Å². The predicted octanol–water partition coefficient (Wildman–Crippen LogP) is 4.26. The van der Waals surface area contributed by atoms with Gasteiger partial charge < -0.3 is 5.32 Å². The first-order chi connectivity index (χ1) is 13.7. The molecule has 1 amide bonds. The van der Waals surface area contributed by atoms with Gasteiger partial charge >= 0.3 is 0 Å². The van der Waals surface area contributed by atoms with E-state index in [1.54, 1.807) is 17.5 Å². The normalized spacial score (nSPS) is 12.2. The van der Waals surface area contributed by atoms with Gasteiger partial charge in [0, 0.05) is 17.1 Å². The van der Waals surface area contributed by atoms with Gasteiger partial charge in [-0.25, -0.2) is 9.37 Å². The van der Waals surface area contributed by atoms with Crippen LogP contribution in [0.2, 0.25) is 0 Å². The van der Waals surface area contributed by atoms with Crippen LogP contribution in [0.1, 0.15) is 42.1 Å². The van der Waals surface area contributed by atoms with Crippen molar-refractivity contribution in [1.82, 2.24) is 24.9 Å². The van der Waals surface area contributed by atoms with E-state index < -0.39 is 0 Å². The summed E-state index contributed by atoms with van der Waals surface area (Å²) in [5.74, 6) is 0.122. The third kappa shape index (κ3) is 3.63. The van der Waals surface area contributed by atoms with Gasteiger partial charge in [-0.1, -0.05) is 19.4 Å². The van der Waals surface area contributed by atoms with Crippen molar-refractivity contribution >= 4 is 22.9 Å². The molecule has 3 heterocycles. The van der Waals surface area contributed by atoms with E-state index in [1.165, 1.54) is 23.5 Å². The number of aromatic nitrogens is 4. The van der Waals surface area contributed by atoms with Crippen LogP contribution < -0.4 is 5.32 Å². The van der Waals surface area contributed by atoms with E-state index in [-0.39, 0.29) is 17.8 Å². The Hall–Kier alpha value is -3.13. The first-order valence-electron chi connectivity index (χ1n) is 8.97. The summed E-state index contributed by atoms with van der Waals surface area (Å²) >= 11 is 1.35. The Morgan fingerprint density at radius 1 is 1.21 bits per heavy atom. The summed E-state index contributed by atoms with van der Waals surface area (Å²) in [6.45, 7) is 2.05. The van der Waals surface area contributed by atoms with Crippen molar-refractivity contribution in [3.63, 3.8) is 0 Å². The summed E-state index contributed by atoms with van der Waals surface area (Å²) in [6, 6.07) is 11.5. The number of rotatable bonds is 6. The quantitative estimate of drug-likeness (QED) is 0.529. The van der Waals surface area contributed by atoms with Crippen molar-refractivity contribution in [2.45, 2.75) is 25.8 Å². The molecule has 1 aromatic carbocycles. The van der Waals surface area contributed by atoms with Crippen molar-refractivity contribution < 1.29 is 9.18 Å². The van der Waals surface area contributed by atoms with E-state index in [2.05, 4.69) is 27.4 Å². The van der Waals surface area contributed by atoms with Gasteiger partial charge in [-0.2, -0.15) is 0 Å². The van der Waals surface area contributed by atoms with Gasteiger partial charge in [0.15, 0.2) is 11.5 Å². The van der Waals surface area contributed by atoms with Gasteiger partial charge in [0.05, 0.1) is 6.04 Å². The fourth-order valence-electron chi connectivity index (χ4n) is 2.99. The molecule has 0 saturated carbocycles. The number of halogens is 1. The molecule has 142 valence electrons. The molecule has 4 aromatic rings. The highest BCUT2D eigenvalue weighted by Crippen LogP contribution is 2.25. The maximum atomic E-state index is 13.1. The number of nitrogens with one attached hydrogen (secondary N) is 1. The number of amides is 1. The van der Waals surface area contributed by atoms with Gasteiger partial charge in [0.1, 0.15) is 16.5 Å². The average Bonchev–Trinajstić information content (AvgIpc) is 3.36. The van der Waals surface area contributed by atoms with Crippen LogP contribution in [0.15, 0.2) is 54.0 Å². The van der Waals surface area contributed by atoms with Gasteiger partial charge in [0.25, 0.3) is 5.91 Å². The fraction of sp³-hybridized carbons (Fsp3) is 0.200. The molecule has 8 heteroatoms. The minimum absolute atomic E-state index is 0.268. The molecule has 0 fully saturated rings. The number of thiazole rings is 1. The highest BCUT2D eigenvalue weighted by Gasteiger charge is 2.21. The zero-order valence-corrected chi connectivity index (χ0v) is 16.0. The number of pyridine rings is 1. The Labute approximate surface area is 165 Å². The molecule has 0 aliphatic heterocycles. The number of hydrogen-bond acceptors (Lipinski definition) is 5. The van der Waals surface area contributed by atoms with E-state index in [4.69, 9.17) is 0 Å². The molecular formula is C20H18FN5OS. The summed E-state index contributed by atoms with van der Waals surface area (Å²) < 4.78 is 15.0. The summed E-state index contributed by atoms with van der Waals surface area (Å²) in [5.41, 5.74) is 1.85. The number of fused-ring (bicyclic) bond motifs is 1. The zero-order chi connectivity index (χ0) is 19.5. The van der Waals surface area contributed by atoms with Gasteiger partial charge in [-0.15, -0.1) is 21.5 Å². The Bertz CT molecular complexity index is 1110. The van der Waals surface area contributed by atoms with Gasteiger partial charge in [-0.05, 0) is 42.8 Å². The molecule has 0 aliphatic carbocycles. The fourth-order valence-corrected chi connectivity index (χ4v) is 3.79. The smallest absolute Gasteiger partial charge is 0.271 e. The van der Waals surface area contributed by atoms with Crippen molar-refractivity contribution in [2.24, 2.45) is 0 Å². The summed E-state index contributed by atoms with van der Waals surface area (Å²) in [4.78, 5) is 17.2. The van der Waals surface area contributed by atoms with Crippen LogP contribution in [0.4, 0.5) is 4.39 Å². The largest absolute Gasteiger partial charge is 0.341 e. The molecule has 4 rings (SSSR count). The summed E-state index contributed by atoms with van der Waals surface area (Å²) in [5, 5.41) is 13.8. The topological polar surface area (TPSA) is 72.2 Å². The second-order valence-corrected chi connectivity index (χ2v) is 7.20. The lowest BCUT2D eigenvalue weighted by atomic mass is 10.1. The molecule has 0 bridgehead atoms. The van der Waals surface area contributed by atoms with Crippen LogP contribution in [0.3, 0.4) is 0 Å². The molecule has 3 aromatic heterocycles. The Morgan fingerprint density at radius 3 is 2.82 bits per heavy atom. The summed E-state index contributed by atoms with van der Waals surface area (Å²) in [7, 11) is 0. The summed E-state index contributed by atoms with van der Waals surface area (Å²) in [6.07, 6.45) is 3.50. The van der Waals surface area contributed by atoms with E-state index in [0.717, 1.165) is 24.1 Å². The predicted molar refractivity (Wildman–Crippen MR) is 106 cm³/mol. The molecule has 0 radical (unpaired) electrons. The van der Waals surface area contributed by atoms with E-state index in [0.29, 0.717) is 16.5 Å². The Morgan fingerprint density at radius 2 is 2.04 bits per heavy atom. The molecule has 0 spiro atoms. The lowest BCUT2D eigenvalue weighted by Crippen LogP contribution is -2.30. The van der Waals surface area contributed by atoms with Crippen LogP contribution in [0.5, 0.6) is 0 Å². The van der Waals surface area contributed by atoms with Crippen LogP contribution in [0, 0.1) is 5.82 Å². The van der Waals surface area contributed by atoms with Crippen LogP contribution in [-0.4, -0.2) is 25.5 Å². The Balaban J connectivity index is 1.56. The average molecular weight is 395 g/mol. The van der Waals surface area contributed by atoms with E-state index >= 15 is 0 Å². The minimum atomic E-state index is -0.304. The second kappa shape index (κ2) is 7.85. The van der Waals surface area contributed by atoms with Gasteiger partial charge in [-0.3, -0.25) is 9.20 Å². The highest BCUT2D eigenvalue weighted by molar-refractivity contribution is 7.13. The minimum Gasteiger partial charge on any atom is -0.341 e. The number of benzene rings is 1. The van der Waals surface area contributed by atoms with Crippen LogP contribution >= 0.6 is 11.3 Å². The number of nitrogens with zero attached hydrogens (tertiary/aromatic N) is 4. The third-order valence-corrected chi connectivity index (χ3v) is 5.25. The molecule has 6 nitrogen and oxygen atoms in total. The monoisotopic (exact) mass is 395 g/mol. The van der Waals surface area contributed by atoms with Crippen molar-refractivity contribution in [3.8, 4) is 10.6 Å². The number of carbonyl (C=O) groups is 1. The first kappa shape index (κ1) is 18.2. The van der Waals surface area contributed by atoms with E-state index in [9.17, 15) is 9.18 Å². The zero-order valence-electron chi connectivity index (χ0n) is 15.2. The SMILES string of the molecule is CCCC(NC(=O)c1csc(-c2ccc(F)cc2)n1)c1nnc2ccccn12. The van der Waals surface area contributed by atoms with Crippen LogP contribution in [0.25, 0.3) is 16.2 Å². The molecule has 1 N–H and O–H groups in total. The maximum absolute atomic E-state index is 13.1. The highest BCUT2D eigenvalue weighted by atomic mass is 32.1. The lowest BCUT2D eigenvalue weighted by Gasteiger charge is -2.15. The molecule has 0 saturated heterocycles. The molecule has 28 heavy (non-hydrogen) atoms. The van der Waals surface area contributed by atoms with Gasteiger partial charge in [0.2, 0.25) is 0 Å². The van der Waals surface area contributed by atoms with Crippen molar-refractivity contribution in [1.29, 1.82) is 0 Å². The number of carbonyl (C=O) groups excluding carboxylic acids is 1. The van der Waals surface area contributed by atoms with Crippen molar-refractivity contribution in [3.05, 3.63) is 71.4 Å². The number of hydrogen-bond donors (Lipinski definition) is 1. The standard InChI is InChI=1S/C20H18FN5OS/c1-2-5-15(18-25-24-17-6-3-4-11-26(17)18)22-19(27)16-12-28-20(23-16)13-7-9-14(21)10-8-13/h3-4,6-12,15H,2,5H2,1H3,(H,22,27). The third-order valence-electron chi connectivity index (χ3n) is 4.36. The first-order valence-corrected chi connectivity index (χ1v) is 9.85. The maximum Gasteiger partial charge on any atom is 0.271 e. The molecule has 1 atom stereocenters. The molecular weight excluding hydrogens is 377 g/mol. The lowest BCUT2D eigenvalue weighted by molar-refractivity contribution is 0.0928. The van der Waals surface area contributed by atoms with Crippen molar-refractivity contribution in [2.75, 3.05) is 0 Å². The van der Waals surface area contributed by atoms with Crippen LogP contribution in [-0.2, 0) is 0 Å².